The summed E-state index contributed by atoms with van der Waals surface area (Å²) in [4.78, 5) is 22.0. The molecular formula is C21H19ClN6O2. The Bertz CT molecular complexity index is 1150. The molecule has 0 saturated heterocycles. The molecule has 2 aromatic carbocycles. The first-order chi connectivity index (χ1) is 14.5. The molecular weight excluding hydrogens is 404 g/mol. The van der Waals surface area contributed by atoms with Crippen molar-refractivity contribution in [3.8, 4) is 5.75 Å². The number of amides is 2. The Labute approximate surface area is 178 Å². The van der Waals surface area contributed by atoms with Crippen LogP contribution in [0.4, 0.5) is 10.6 Å². The highest BCUT2D eigenvalue weighted by atomic mass is 35.5. The number of rotatable bonds is 6. The Morgan fingerprint density at radius 1 is 1.13 bits per heavy atom. The number of nitrogens with one attached hydrogen (secondary N) is 1. The van der Waals surface area contributed by atoms with Gasteiger partial charge in [-0.05, 0) is 29.3 Å². The number of methoxy groups -OCH3 is 1. The number of nitrogens with two attached hydrogens (primary N) is 1. The van der Waals surface area contributed by atoms with E-state index in [4.69, 9.17) is 27.5 Å². The maximum atomic E-state index is 12.4. The number of ether oxygens (including phenoxy) is 1. The number of imidazole rings is 1. The summed E-state index contributed by atoms with van der Waals surface area (Å²) in [6, 6.07) is 14.2. The largest absolute Gasteiger partial charge is 0.497 e. The van der Waals surface area contributed by atoms with Crippen LogP contribution in [0.15, 0.2) is 59.9 Å². The maximum absolute atomic E-state index is 12.4. The number of anilines is 1. The van der Waals surface area contributed by atoms with Gasteiger partial charge < -0.3 is 15.0 Å². The first kappa shape index (κ1) is 19.7. The molecule has 0 unspecified atom stereocenters. The number of nitrogen functional groups attached to an aromatic ring is 1. The summed E-state index contributed by atoms with van der Waals surface area (Å²) in [7, 11) is 1.59. The predicted octanol–water partition coefficient (Wildman–Crippen LogP) is 3.58. The summed E-state index contributed by atoms with van der Waals surface area (Å²) >= 11 is 6.23. The van der Waals surface area contributed by atoms with Crippen molar-refractivity contribution in [3.05, 3.63) is 76.7 Å². The number of hydrogen-bond acceptors (Lipinski definition) is 5. The first-order valence-corrected chi connectivity index (χ1v) is 9.52. The van der Waals surface area contributed by atoms with Crippen LogP contribution in [0.2, 0.25) is 5.02 Å². The van der Waals surface area contributed by atoms with E-state index in [0.717, 1.165) is 16.9 Å². The molecule has 1 aliphatic heterocycles. The van der Waals surface area contributed by atoms with Gasteiger partial charge in [-0.3, -0.25) is 10.3 Å². The number of nitrogens with zero attached hydrogens (tertiary/aromatic N) is 4. The van der Waals surface area contributed by atoms with E-state index in [1.54, 1.807) is 36.2 Å². The normalized spacial score (nSPS) is 13.7. The fourth-order valence-electron chi connectivity index (χ4n) is 3.17. The number of benzene rings is 2. The van der Waals surface area contributed by atoms with E-state index in [1.807, 2.05) is 30.3 Å². The lowest BCUT2D eigenvalue weighted by Crippen LogP contribution is -2.32. The molecule has 3 aromatic rings. The van der Waals surface area contributed by atoms with Gasteiger partial charge in [0.25, 0.3) is 0 Å². The van der Waals surface area contributed by atoms with Crippen LogP contribution >= 0.6 is 11.6 Å². The van der Waals surface area contributed by atoms with Crippen LogP contribution in [0.3, 0.4) is 0 Å². The van der Waals surface area contributed by atoms with Crippen LogP contribution in [0, 0.1) is 5.41 Å². The molecule has 8 nitrogen and oxygen atoms in total. The Balaban J connectivity index is 1.54. The zero-order valence-electron chi connectivity index (χ0n) is 16.2. The van der Waals surface area contributed by atoms with Crippen molar-refractivity contribution in [1.29, 1.82) is 5.41 Å². The van der Waals surface area contributed by atoms with Gasteiger partial charge in [0.2, 0.25) is 0 Å². The number of aliphatic imine (C=N–C) groups is 1. The fraction of sp³-hybridized carbons (Fsp3) is 0.143. The third kappa shape index (κ3) is 3.65. The molecule has 2 heterocycles. The molecule has 4 rings (SSSR count). The van der Waals surface area contributed by atoms with Gasteiger partial charge in [-0.25, -0.2) is 9.78 Å². The van der Waals surface area contributed by atoms with Crippen molar-refractivity contribution in [1.82, 2.24) is 14.5 Å². The number of amidine groups is 1. The van der Waals surface area contributed by atoms with E-state index in [2.05, 4.69) is 9.98 Å². The zero-order chi connectivity index (χ0) is 21.3. The Morgan fingerprint density at radius 2 is 1.87 bits per heavy atom. The molecule has 0 aliphatic carbocycles. The van der Waals surface area contributed by atoms with E-state index >= 15 is 0 Å². The second-order valence-electron chi connectivity index (χ2n) is 6.72. The van der Waals surface area contributed by atoms with Gasteiger partial charge in [0, 0.05) is 5.02 Å². The van der Waals surface area contributed by atoms with Gasteiger partial charge in [0.1, 0.15) is 23.0 Å². The molecule has 9 heteroatoms. The van der Waals surface area contributed by atoms with Crippen molar-refractivity contribution in [2.45, 2.75) is 13.1 Å². The van der Waals surface area contributed by atoms with Gasteiger partial charge in [-0.2, -0.15) is 4.99 Å². The third-order valence-electron chi connectivity index (χ3n) is 4.83. The van der Waals surface area contributed by atoms with Crippen molar-refractivity contribution in [2.24, 2.45) is 4.99 Å². The zero-order valence-corrected chi connectivity index (χ0v) is 16.9. The molecule has 152 valence electrons. The second-order valence-corrected chi connectivity index (χ2v) is 7.13. The van der Waals surface area contributed by atoms with Gasteiger partial charge in [0.15, 0.2) is 5.84 Å². The SMILES string of the molecule is COc1ccc(CN2C(=N)C(c3ncn(Cc4ccccc4Cl)c3N)=NC2=O)cc1. The topological polar surface area (TPSA) is 110 Å². The summed E-state index contributed by atoms with van der Waals surface area (Å²) < 4.78 is 6.85. The Kier molecular flexibility index (Phi) is 5.24. The summed E-state index contributed by atoms with van der Waals surface area (Å²) in [5, 5.41) is 9.07. The minimum absolute atomic E-state index is 0.0366. The predicted molar refractivity (Wildman–Crippen MR) is 115 cm³/mol. The fourth-order valence-corrected chi connectivity index (χ4v) is 3.36. The van der Waals surface area contributed by atoms with Crippen molar-refractivity contribution in [2.75, 3.05) is 12.8 Å². The van der Waals surface area contributed by atoms with Gasteiger partial charge >= 0.3 is 6.03 Å². The average molecular weight is 423 g/mol. The summed E-state index contributed by atoms with van der Waals surface area (Å²) in [5.41, 5.74) is 8.45. The molecule has 0 atom stereocenters. The Hall–Kier alpha value is -3.65. The number of carbonyl (C=O) groups excluding carboxylic acids is 1. The minimum atomic E-state index is -0.522. The van der Waals surface area contributed by atoms with Crippen LogP contribution in [0.1, 0.15) is 16.8 Å². The van der Waals surface area contributed by atoms with Gasteiger partial charge in [-0.15, -0.1) is 0 Å². The molecule has 30 heavy (non-hydrogen) atoms. The molecule has 0 saturated carbocycles. The number of aromatic nitrogens is 2. The van der Waals surface area contributed by atoms with E-state index in [9.17, 15) is 4.79 Å². The lowest BCUT2D eigenvalue weighted by molar-refractivity contribution is 0.231. The quantitative estimate of drug-likeness (QED) is 0.632. The smallest absolute Gasteiger partial charge is 0.350 e. The minimum Gasteiger partial charge on any atom is -0.497 e. The van der Waals surface area contributed by atoms with Gasteiger partial charge in [-0.1, -0.05) is 41.9 Å². The lowest BCUT2D eigenvalue weighted by Gasteiger charge is -2.15. The van der Waals surface area contributed by atoms with Crippen LogP contribution in [-0.2, 0) is 13.1 Å². The van der Waals surface area contributed by atoms with E-state index < -0.39 is 6.03 Å². The van der Waals surface area contributed by atoms with Crippen molar-refractivity contribution < 1.29 is 9.53 Å². The molecule has 0 radical (unpaired) electrons. The number of carbonyl (C=O) groups is 1. The summed E-state index contributed by atoms with van der Waals surface area (Å²) in [5.74, 6) is 0.998. The van der Waals surface area contributed by atoms with E-state index in [-0.39, 0.29) is 18.1 Å². The molecule has 3 N–H and O–H groups in total. The monoisotopic (exact) mass is 422 g/mol. The maximum Gasteiger partial charge on any atom is 0.350 e. The standard InChI is InChI=1S/C21H19ClN6O2/c1-30-15-8-6-13(7-9-15)10-28-20(24)18(26-21(28)29)17-19(23)27(12-25-17)11-14-4-2-3-5-16(14)22/h2-9,12,24H,10-11,23H2,1H3. The lowest BCUT2D eigenvalue weighted by atomic mass is 10.2. The van der Waals surface area contributed by atoms with Crippen LogP contribution in [0.5, 0.6) is 5.75 Å². The molecule has 1 aliphatic rings. The highest BCUT2D eigenvalue weighted by Gasteiger charge is 2.33. The van der Waals surface area contributed by atoms with Crippen molar-refractivity contribution in [3.63, 3.8) is 0 Å². The van der Waals surface area contributed by atoms with Crippen LogP contribution in [0.25, 0.3) is 0 Å². The molecule has 0 spiro atoms. The van der Waals surface area contributed by atoms with Crippen molar-refractivity contribution >= 4 is 35.0 Å². The van der Waals surface area contributed by atoms with Crippen LogP contribution < -0.4 is 10.5 Å². The van der Waals surface area contributed by atoms with Gasteiger partial charge in [0.05, 0.1) is 26.5 Å². The van der Waals surface area contributed by atoms with E-state index in [0.29, 0.717) is 23.1 Å². The average Bonchev–Trinajstić information content (AvgIpc) is 3.24. The molecule has 0 bridgehead atoms. The second kappa shape index (κ2) is 8.00. The highest BCUT2D eigenvalue weighted by Crippen LogP contribution is 2.23. The molecule has 0 fully saturated rings. The van der Waals surface area contributed by atoms with Crippen LogP contribution in [-0.4, -0.2) is 39.1 Å². The number of urea groups is 1. The number of hydrogen-bond donors (Lipinski definition) is 2. The molecule has 1 aromatic heterocycles. The number of halogens is 1. The van der Waals surface area contributed by atoms with E-state index in [1.165, 1.54) is 4.90 Å². The third-order valence-corrected chi connectivity index (χ3v) is 5.20. The summed E-state index contributed by atoms with van der Waals surface area (Å²) in [6.45, 7) is 0.636. The first-order valence-electron chi connectivity index (χ1n) is 9.14. The highest BCUT2D eigenvalue weighted by molar-refractivity contribution is 6.52. The summed E-state index contributed by atoms with van der Waals surface area (Å²) in [6.07, 6.45) is 1.56. The molecule has 2 amide bonds. The Morgan fingerprint density at radius 3 is 2.57 bits per heavy atom.